The van der Waals surface area contributed by atoms with Gasteiger partial charge in [0.15, 0.2) is 11.5 Å². The van der Waals surface area contributed by atoms with Crippen molar-refractivity contribution in [3.63, 3.8) is 0 Å². The molecule has 19 heavy (non-hydrogen) atoms. The number of hydrogen-bond donors (Lipinski definition) is 0. The number of aryl methyl sites for hydroxylation is 1. The molecule has 2 aromatic carbocycles. The van der Waals surface area contributed by atoms with E-state index in [2.05, 4.69) is 37.3 Å². The highest BCUT2D eigenvalue weighted by atomic mass is 16.5. The van der Waals surface area contributed by atoms with Crippen molar-refractivity contribution < 1.29 is 9.47 Å². The fourth-order valence-corrected chi connectivity index (χ4v) is 2.29. The fourth-order valence-electron chi connectivity index (χ4n) is 2.29. The molecule has 0 saturated carbocycles. The Kier molecular flexibility index (Phi) is 4.45. The Morgan fingerprint density at radius 1 is 0.895 bits per heavy atom. The molecule has 0 aliphatic heterocycles. The minimum absolute atomic E-state index is 0.763. The van der Waals surface area contributed by atoms with E-state index >= 15 is 0 Å². The highest BCUT2D eigenvalue weighted by Crippen LogP contribution is 2.33. The molecule has 2 heteroatoms. The van der Waals surface area contributed by atoms with Crippen LogP contribution in [0.1, 0.15) is 18.9 Å². The highest BCUT2D eigenvalue weighted by Gasteiger charge is 2.08. The number of methoxy groups -OCH3 is 2. The molecule has 0 amide bonds. The van der Waals surface area contributed by atoms with Crippen molar-refractivity contribution in [2.24, 2.45) is 0 Å². The predicted molar refractivity (Wildman–Crippen MR) is 79.0 cm³/mol. The van der Waals surface area contributed by atoms with Gasteiger partial charge in [0.25, 0.3) is 0 Å². The Hall–Kier alpha value is -1.96. The number of hydrogen-bond acceptors (Lipinski definition) is 2. The monoisotopic (exact) mass is 256 g/mol. The van der Waals surface area contributed by atoms with E-state index in [0.717, 1.165) is 24.3 Å². The van der Waals surface area contributed by atoms with Gasteiger partial charge in [-0.1, -0.05) is 43.7 Å². The molecule has 2 rings (SSSR count). The first-order valence-corrected chi connectivity index (χ1v) is 6.60. The molecule has 0 fully saturated rings. The van der Waals surface area contributed by atoms with Crippen LogP contribution in [-0.2, 0) is 6.42 Å². The maximum atomic E-state index is 5.37. The smallest absolute Gasteiger partial charge is 0.161 e. The van der Waals surface area contributed by atoms with Crippen LogP contribution in [0.4, 0.5) is 0 Å². The summed E-state index contributed by atoms with van der Waals surface area (Å²) in [6, 6.07) is 14.6. The van der Waals surface area contributed by atoms with Crippen molar-refractivity contribution in [2.75, 3.05) is 14.2 Å². The fraction of sp³-hybridized carbons (Fsp3) is 0.294. The normalized spacial score (nSPS) is 10.3. The summed E-state index contributed by atoms with van der Waals surface area (Å²) in [5, 5.41) is 0. The van der Waals surface area contributed by atoms with Crippen LogP contribution in [0.5, 0.6) is 11.5 Å². The molecular weight excluding hydrogens is 236 g/mol. The Morgan fingerprint density at radius 3 is 2.32 bits per heavy atom. The van der Waals surface area contributed by atoms with E-state index in [1.807, 2.05) is 12.1 Å². The van der Waals surface area contributed by atoms with Gasteiger partial charge < -0.3 is 9.47 Å². The molecule has 0 N–H and O–H groups in total. The van der Waals surface area contributed by atoms with Crippen LogP contribution >= 0.6 is 0 Å². The van der Waals surface area contributed by atoms with Gasteiger partial charge in [0.1, 0.15) is 0 Å². The van der Waals surface area contributed by atoms with Crippen LogP contribution in [0.3, 0.4) is 0 Å². The molecule has 0 saturated heterocycles. The van der Waals surface area contributed by atoms with Crippen molar-refractivity contribution in [3.8, 4) is 22.6 Å². The molecule has 0 unspecified atom stereocenters. The summed E-state index contributed by atoms with van der Waals surface area (Å²) < 4.78 is 10.7. The van der Waals surface area contributed by atoms with Gasteiger partial charge in [-0.15, -0.1) is 0 Å². The Balaban J connectivity index is 2.47. The van der Waals surface area contributed by atoms with E-state index in [0.29, 0.717) is 0 Å². The first-order valence-electron chi connectivity index (χ1n) is 6.60. The molecule has 0 radical (unpaired) electrons. The van der Waals surface area contributed by atoms with Gasteiger partial charge in [-0.05, 0) is 35.2 Å². The Bertz CT molecular complexity index is 547. The zero-order chi connectivity index (χ0) is 13.7. The standard InChI is InChI=1S/C17H20O2/c1-4-7-13-8-5-6-9-15(13)14-10-11-16(18-2)17(12-14)19-3/h5-6,8-12H,4,7H2,1-3H3. The lowest BCUT2D eigenvalue weighted by Crippen LogP contribution is -1.93. The third kappa shape index (κ3) is 2.90. The van der Waals surface area contributed by atoms with Gasteiger partial charge in [0.2, 0.25) is 0 Å². The molecule has 0 spiro atoms. The highest BCUT2D eigenvalue weighted by molar-refractivity contribution is 5.70. The van der Waals surface area contributed by atoms with Crippen molar-refractivity contribution in [2.45, 2.75) is 19.8 Å². The molecule has 2 aromatic rings. The second kappa shape index (κ2) is 6.28. The summed E-state index contributed by atoms with van der Waals surface area (Å²) >= 11 is 0. The summed E-state index contributed by atoms with van der Waals surface area (Å²) in [5.41, 5.74) is 3.81. The van der Waals surface area contributed by atoms with E-state index in [9.17, 15) is 0 Å². The predicted octanol–water partition coefficient (Wildman–Crippen LogP) is 4.32. The third-order valence-corrected chi connectivity index (χ3v) is 3.23. The number of rotatable bonds is 5. The first kappa shape index (κ1) is 13.5. The van der Waals surface area contributed by atoms with E-state index in [4.69, 9.17) is 9.47 Å². The minimum Gasteiger partial charge on any atom is -0.493 e. The minimum atomic E-state index is 0.763. The van der Waals surface area contributed by atoms with Gasteiger partial charge in [0.05, 0.1) is 14.2 Å². The van der Waals surface area contributed by atoms with Gasteiger partial charge in [-0.3, -0.25) is 0 Å². The zero-order valence-corrected chi connectivity index (χ0v) is 11.8. The second-order valence-electron chi connectivity index (χ2n) is 4.48. The van der Waals surface area contributed by atoms with E-state index in [1.54, 1.807) is 14.2 Å². The van der Waals surface area contributed by atoms with Gasteiger partial charge >= 0.3 is 0 Å². The van der Waals surface area contributed by atoms with Crippen LogP contribution in [0.15, 0.2) is 42.5 Å². The molecule has 0 aliphatic carbocycles. The average Bonchev–Trinajstić information content (AvgIpc) is 2.47. The molecule has 0 heterocycles. The van der Waals surface area contributed by atoms with Crippen LogP contribution in [-0.4, -0.2) is 14.2 Å². The lowest BCUT2D eigenvalue weighted by molar-refractivity contribution is 0.355. The molecular formula is C17H20O2. The summed E-state index contributed by atoms with van der Waals surface area (Å²) in [7, 11) is 3.32. The van der Waals surface area contributed by atoms with Crippen LogP contribution < -0.4 is 9.47 Å². The summed E-state index contributed by atoms with van der Waals surface area (Å²) in [4.78, 5) is 0. The first-order chi connectivity index (χ1) is 9.30. The Labute approximate surface area is 115 Å². The van der Waals surface area contributed by atoms with Crippen LogP contribution in [0, 0.1) is 0 Å². The van der Waals surface area contributed by atoms with E-state index in [1.165, 1.54) is 16.7 Å². The van der Waals surface area contributed by atoms with E-state index in [-0.39, 0.29) is 0 Å². The molecule has 0 aliphatic rings. The van der Waals surface area contributed by atoms with Crippen molar-refractivity contribution in [3.05, 3.63) is 48.0 Å². The zero-order valence-electron chi connectivity index (χ0n) is 11.8. The lowest BCUT2D eigenvalue weighted by Gasteiger charge is -2.12. The molecule has 0 bridgehead atoms. The quantitative estimate of drug-likeness (QED) is 0.793. The summed E-state index contributed by atoms with van der Waals surface area (Å²) in [5.74, 6) is 1.53. The van der Waals surface area contributed by atoms with Crippen molar-refractivity contribution in [1.82, 2.24) is 0 Å². The van der Waals surface area contributed by atoms with Crippen LogP contribution in [0.25, 0.3) is 11.1 Å². The molecule has 0 atom stereocenters. The average molecular weight is 256 g/mol. The van der Waals surface area contributed by atoms with Gasteiger partial charge in [-0.2, -0.15) is 0 Å². The second-order valence-corrected chi connectivity index (χ2v) is 4.48. The SMILES string of the molecule is CCCc1ccccc1-c1ccc(OC)c(OC)c1. The lowest BCUT2D eigenvalue weighted by atomic mass is 9.96. The topological polar surface area (TPSA) is 18.5 Å². The van der Waals surface area contributed by atoms with Gasteiger partial charge in [0, 0.05) is 0 Å². The van der Waals surface area contributed by atoms with Crippen molar-refractivity contribution in [1.29, 1.82) is 0 Å². The maximum Gasteiger partial charge on any atom is 0.161 e. The molecule has 100 valence electrons. The van der Waals surface area contributed by atoms with Crippen LogP contribution in [0.2, 0.25) is 0 Å². The number of benzene rings is 2. The molecule has 2 nitrogen and oxygen atoms in total. The molecule has 0 aromatic heterocycles. The van der Waals surface area contributed by atoms with Crippen molar-refractivity contribution >= 4 is 0 Å². The largest absolute Gasteiger partial charge is 0.493 e. The van der Waals surface area contributed by atoms with Gasteiger partial charge in [-0.25, -0.2) is 0 Å². The maximum absolute atomic E-state index is 5.37. The number of ether oxygens (including phenoxy) is 2. The summed E-state index contributed by atoms with van der Waals surface area (Å²) in [6.45, 7) is 2.20. The Morgan fingerprint density at radius 2 is 1.63 bits per heavy atom. The third-order valence-electron chi connectivity index (χ3n) is 3.23. The van der Waals surface area contributed by atoms with E-state index < -0.39 is 0 Å². The summed E-state index contributed by atoms with van der Waals surface area (Å²) in [6.07, 6.45) is 2.23.